The van der Waals surface area contributed by atoms with Gasteiger partial charge in [0.15, 0.2) is 0 Å². The van der Waals surface area contributed by atoms with E-state index in [-0.39, 0.29) is 5.54 Å². The van der Waals surface area contributed by atoms with Crippen LogP contribution in [0.25, 0.3) is 0 Å². The Hall–Kier alpha value is -1.03. The van der Waals surface area contributed by atoms with E-state index in [9.17, 15) is 0 Å². The van der Waals surface area contributed by atoms with E-state index in [1.165, 1.54) is 5.56 Å². The Labute approximate surface area is 111 Å². The van der Waals surface area contributed by atoms with Crippen molar-refractivity contribution in [1.82, 2.24) is 15.1 Å². The molecule has 0 aliphatic rings. The summed E-state index contributed by atoms with van der Waals surface area (Å²) in [4.78, 5) is 0. The summed E-state index contributed by atoms with van der Waals surface area (Å²) in [5, 5.41) is 8.11. The summed E-state index contributed by atoms with van der Waals surface area (Å²) in [6, 6.07) is 0. The smallest absolute Gasteiger partial charge is 0.216 e. The molecule has 4 nitrogen and oxygen atoms in total. The van der Waals surface area contributed by atoms with Gasteiger partial charge in [0.25, 0.3) is 0 Å². The molecule has 0 atom stereocenters. The highest BCUT2D eigenvalue weighted by atomic mass is 16.5. The van der Waals surface area contributed by atoms with Gasteiger partial charge in [-0.3, -0.25) is 0 Å². The third-order valence-corrected chi connectivity index (χ3v) is 4.15. The molecule has 0 amide bonds. The molecule has 1 aromatic heterocycles. The summed E-state index contributed by atoms with van der Waals surface area (Å²) in [7, 11) is 3.62. The second-order valence-corrected chi connectivity index (χ2v) is 4.89. The highest BCUT2D eigenvalue weighted by Crippen LogP contribution is 2.24. The van der Waals surface area contributed by atoms with Gasteiger partial charge >= 0.3 is 0 Å². The number of hydrogen-bond donors (Lipinski definition) is 1. The first-order valence-electron chi connectivity index (χ1n) is 6.85. The molecule has 0 saturated carbocycles. The van der Waals surface area contributed by atoms with E-state index in [4.69, 9.17) is 4.74 Å². The number of rotatable bonds is 7. The fraction of sp³-hybridized carbons (Fsp3) is 0.786. The predicted molar refractivity (Wildman–Crippen MR) is 74.9 cm³/mol. The van der Waals surface area contributed by atoms with Gasteiger partial charge in [0.1, 0.15) is 0 Å². The molecule has 104 valence electrons. The van der Waals surface area contributed by atoms with E-state index in [0.29, 0.717) is 0 Å². The molecule has 0 unspecified atom stereocenters. The SMILES string of the molecule is CCC(CC)(CC)NCc1c(C)nn(C)c1OC. The van der Waals surface area contributed by atoms with Gasteiger partial charge in [-0.1, -0.05) is 20.8 Å². The average molecular weight is 253 g/mol. The molecule has 1 heterocycles. The summed E-state index contributed by atoms with van der Waals surface area (Å²) < 4.78 is 7.23. The molecule has 1 aromatic rings. The summed E-state index contributed by atoms with van der Waals surface area (Å²) >= 11 is 0. The lowest BCUT2D eigenvalue weighted by atomic mass is 9.89. The molecule has 0 aliphatic carbocycles. The van der Waals surface area contributed by atoms with Crippen LogP contribution in [-0.4, -0.2) is 22.4 Å². The number of aryl methyl sites for hydroxylation is 2. The highest BCUT2D eigenvalue weighted by Gasteiger charge is 2.24. The number of nitrogens with zero attached hydrogens (tertiary/aromatic N) is 2. The van der Waals surface area contributed by atoms with Crippen molar-refractivity contribution in [2.75, 3.05) is 7.11 Å². The number of nitrogens with one attached hydrogen (secondary N) is 1. The first-order valence-corrected chi connectivity index (χ1v) is 6.85. The first kappa shape index (κ1) is 15.0. The lowest BCUT2D eigenvalue weighted by molar-refractivity contribution is 0.284. The quantitative estimate of drug-likeness (QED) is 0.812. The molecule has 18 heavy (non-hydrogen) atoms. The molecule has 0 spiro atoms. The Morgan fingerprint density at radius 3 is 2.22 bits per heavy atom. The van der Waals surface area contributed by atoms with Crippen molar-refractivity contribution in [2.24, 2.45) is 7.05 Å². The third kappa shape index (κ3) is 2.86. The van der Waals surface area contributed by atoms with Crippen LogP contribution in [0.2, 0.25) is 0 Å². The van der Waals surface area contributed by atoms with Crippen LogP contribution in [0.4, 0.5) is 0 Å². The van der Waals surface area contributed by atoms with Gasteiger partial charge in [0.2, 0.25) is 5.88 Å². The number of ether oxygens (including phenoxy) is 1. The van der Waals surface area contributed by atoms with Crippen LogP contribution >= 0.6 is 0 Å². The van der Waals surface area contributed by atoms with Gasteiger partial charge < -0.3 is 10.1 Å². The highest BCUT2D eigenvalue weighted by molar-refractivity contribution is 5.30. The standard InChI is InChI=1S/C14H27N3O/c1-7-14(8-2,9-3)15-10-12-11(4)16-17(5)13(12)18-6/h15H,7-10H2,1-6H3. The van der Waals surface area contributed by atoms with E-state index in [1.54, 1.807) is 11.8 Å². The van der Waals surface area contributed by atoms with Crippen molar-refractivity contribution in [1.29, 1.82) is 0 Å². The maximum Gasteiger partial charge on any atom is 0.216 e. The Bertz CT molecular complexity index is 372. The van der Waals surface area contributed by atoms with E-state index >= 15 is 0 Å². The summed E-state index contributed by atoms with van der Waals surface area (Å²) in [6.45, 7) is 9.58. The van der Waals surface area contributed by atoms with E-state index in [0.717, 1.165) is 37.4 Å². The molecule has 1 N–H and O–H groups in total. The van der Waals surface area contributed by atoms with Crippen molar-refractivity contribution in [3.63, 3.8) is 0 Å². The molecule has 0 bridgehead atoms. The molecule has 0 saturated heterocycles. The fourth-order valence-electron chi connectivity index (χ4n) is 2.54. The minimum atomic E-state index is 0.229. The van der Waals surface area contributed by atoms with Crippen molar-refractivity contribution >= 4 is 0 Å². The minimum absolute atomic E-state index is 0.229. The average Bonchev–Trinajstić information content (AvgIpc) is 2.66. The molecule has 1 rings (SSSR count). The summed E-state index contributed by atoms with van der Waals surface area (Å²) in [5.74, 6) is 0.859. The molecule has 0 radical (unpaired) electrons. The van der Waals surface area contributed by atoms with Crippen LogP contribution < -0.4 is 10.1 Å². The van der Waals surface area contributed by atoms with E-state index < -0.39 is 0 Å². The zero-order chi connectivity index (χ0) is 13.8. The molecule has 0 fully saturated rings. The summed E-state index contributed by atoms with van der Waals surface area (Å²) in [6.07, 6.45) is 3.42. The topological polar surface area (TPSA) is 39.1 Å². The monoisotopic (exact) mass is 253 g/mol. The zero-order valence-corrected chi connectivity index (χ0v) is 12.6. The Morgan fingerprint density at radius 1 is 1.22 bits per heavy atom. The zero-order valence-electron chi connectivity index (χ0n) is 12.6. The van der Waals surface area contributed by atoms with Crippen LogP contribution in [0.5, 0.6) is 5.88 Å². The Kier molecular flexibility index (Phi) is 5.20. The van der Waals surface area contributed by atoms with Gasteiger partial charge in [-0.15, -0.1) is 0 Å². The van der Waals surface area contributed by atoms with E-state index in [2.05, 4.69) is 31.2 Å². The Morgan fingerprint density at radius 2 is 1.78 bits per heavy atom. The van der Waals surface area contributed by atoms with Crippen LogP contribution in [0.15, 0.2) is 0 Å². The normalized spacial score (nSPS) is 11.9. The van der Waals surface area contributed by atoms with Gasteiger partial charge in [-0.05, 0) is 26.2 Å². The number of hydrogen-bond acceptors (Lipinski definition) is 3. The summed E-state index contributed by atoms with van der Waals surface area (Å²) in [5.41, 5.74) is 2.44. The largest absolute Gasteiger partial charge is 0.481 e. The molecule has 0 aliphatic heterocycles. The van der Waals surface area contributed by atoms with Gasteiger partial charge in [0, 0.05) is 19.1 Å². The van der Waals surface area contributed by atoms with Crippen molar-refractivity contribution in [2.45, 2.75) is 59.0 Å². The lowest BCUT2D eigenvalue weighted by Crippen LogP contribution is -2.43. The van der Waals surface area contributed by atoms with Crippen LogP contribution in [0.1, 0.15) is 51.3 Å². The maximum absolute atomic E-state index is 5.42. The van der Waals surface area contributed by atoms with Gasteiger partial charge in [0.05, 0.1) is 18.4 Å². The minimum Gasteiger partial charge on any atom is -0.481 e. The maximum atomic E-state index is 5.42. The van der Waals surface area contributed by atoms with E-state index in [1.807, 2.05) is 14.0 Å². The second kappa shape index (κ2) is 6.23. The molecule has 0 aromatic carbocycles. The third-order valence-electron chi connectivity index (χ3n) is 4.15. The van der Waals surface area contributed by atoms with Crippen molar-refractivity contribution < 1.29 is 4.74 Å². The van der Waals surface area contributed by atoms with Gasteiger partial charge in [-0.25, -0.2) is 4.68 Å². The molecule has 4 heteroatoms. The fourth-order valence-corrected chi connectivity index (χ4v) is 2.54. The van der Waals surface area contributed by atoms with Crippen molar-refractivity contribution in [3.05, 3.63) is 11.3 Å². The first-order chi connectivity index (χ1) is 8.53. The number of methoxy groups -OCH3 is 1. The van der Waals surface area contributed by atoms with Gasteiger partial charge in [-0.2, -0.15) is 5.10 Å². The lowest BCUT2D eigenvalue weighted by Gasteiger charge is -2.32. The van der Waals surface area contributed by atoms with Crippen molar-refractivity contribution in [3.8, 4) is 5.88 Å². The molecular formula is C14H27N3O. The van der Waals surface area contributed by atoms with Crippen LogP contribution in [0, 0.1) is 6.92 Å². The Balaban J connectivity index is 2.85. The second-order valence-electron chi connectivity index (χ2n) is 4.89. The number of aromatic nitrogens is 2. The molecular weight excluding hydrogens is 226 g/mol. The predicted octanol–water partition coefficient (Wildman–Crippen LogP) is 2.80. The van der Waals surface area contributed by atoms with Crippen LogP contribution in [-0.2, 0) is 13.6 Å². The van der Waals surface area contributed by atoms with Crippen LogP contribution in [0.3, 0.4) is 0 Å².